The summed E-state index contributed by atoms with van der Waals surface area (Å²) in [6, 6.07) is 15.8. The molecule has 1 amide bonds. The van der Waals surface area contributed by atoms with E-state index in [1.807, 2.05) is 48.5 Å². The van der Waals surface area contributed by atoms with E-state index in [9.17, 15) is 4.79 Å². The summed E-state index contributed by atoms with van der Waals surface area (Å²) in [4.78, 5) is 10.9. The average Bonchev–Trinajstić information content (AvgIpc) is 2.54. The molecule has 116 valence electrons. The van der Waals surface area contributed by atoms with Crippen LogP contribution in [0.15, 0.2) is 48.5 Å². The summed E-state index contributed by atoms with van der Waals surface area (Å²) in [6.45, 7) is 2.63. The van der Waals surface area contributed by atoms with Crippen molar-refractivity contribution in [2.24, 2.45) is 0 Å². The van der Waals surface area contributed by atoms with Gasteiger partial charge in [-0.1, -0.05) is 36.4 Å². The van der Waals surface area contributed by atoms with Crippen LogP contribution in [0.3, 0.4) is 0 Å². The zero-order valence-electron chi connectivity index (χ0n) is 13.0. The molecular formula is C18H21NO3. The molecule has 22 heavy (non-hydrogen) atoms. The Morgan fingerprint density at radius 3 is 2.50 bits per heavy atom. The van der Waals surface area contributed by atoms with Gasteiger partial charge < -0.3 is 14.8 Å². The minimum Gasteiger partial charge on any atom is -0.493 e. The standard InChI is InChI=1S/C18H21NO3/c1-14(20)19-11-10-15-8-9-17(18(12-15)21-2)22-13-16-6-4-3-5-7-16/h3-9,12H,10-11,13H2,1-2H3,(H,19,20). The average molecular weight is 299 g/mol. The second kappa shape index (κ2) is 8.08. The lowest BCUT2D eigenvalue weighted by atomic mass is 10.1. The van der Waals surface area contributed by atoms with Crippen LogP contribution in [0, 0.1) is 0 Å². The van der Waals surface area contributed by atoms with Crippen LogP contribution in [0.25, 0.3) is 0 Å². The zero-order chi connectivity index (χ0) is 15.8. The van der Waals surface area contributed by atoms with Gasteiger partial charge in [0.15, 0.2) is 11.5 Å². The molecule has 2 rings (SSSR count). The van der Waals surface area contributed by atoms with Crippen LogP contribution in [-0.4, -0.2) is 19.6 Å². The first-order chi connectivity index (χ1) is 10.7. The largest absolute Gasteiger partial charge is 0.493 e. The molecule has 0 spiro atoms. The third kappa shape index (κ3) is 4.81. The SMILES string of the molecule is COc1cc(CCNC(C)=O)ccc1OCc1ccccc1. The summed E-state index contributed by atoms with van der Waals surface area (Å²) in [6.07, 6.45) is 0.759. The van der Waals surface area contributed by atoms with E-state index in [0.717, 1.165) is 23.3 Å². The Morgan fingerprint density at radius 2 is 1.82 bits per heavy atom. The molecule has 0 bridgehead atoms. The van der Waals surface area contributed by atoms with Crippen LogP contribution >= 0.6 is 0 Å². The Morgan fingerprint density at radius 1 is 1.05 bits per heavy atom. The number of nitrogens with one attached hydrogen (secondary N) is 1. The fourth-order valence-corrected chi connectivity index (χ4v) is 2.10. The maximum Gasteiger partial charge on any atom is 0.216 e. The van der Waals surface area contributed by atoms with Crippen molar-refractivity contribution < 1.29 is 14.3 Å². The predicted octanol–water partition coefficient (Wildman–Crippen LogP) is 2.95. The normalized spacial score (nSPS) is 10.1. The van der Waals surface area contributed by atoms with E-state index in [1.165, 1.54) is 6.92 Å². The van der Waals surface area contributed by atoms with E-state index in [2.05, 4.69) is 5.32 Å². The topological polar surface area (TPSA) is 47.6 Å². The lowest BCUT2D eigenvalue weighted by Crippen LogP contribution is -2.22. The highest BCUT2D eigenvalue weighted by Crippen LogP contribution is 2.29. The molecule has 2 aromatic carbocycles. The van der Waals surface area contributed by atoms with E-state index < -0.39 is 0 Å². The smallest absolute Gasteiger partial charge is 0.216 e. The number of carbonyl (C=O) groups is 1. The van der Waals surface area contributed by atoms with Crippen molar-refractivity contribution in [2.45, 2.75) is 20.0 Å². The maximum absolute atomic E-state index is 10.9. The van der Waals surface area contributed by atoms with Crippen molar-refractivity contribution in [1.29, 1.82) is 0 Å². The van der Waals surface area contributed by atoms with E-state index >= 15 is 0 Å². The molecule has 4 heteroatoms. The Balaban J connectivity index is 1.98. The second-order valence-corrected chi connectivity index (χ2v) is 4.99. The van der Waals surface area contributed by atoms with E-state index in [4.69, 9.17) is 9.47 Å². The van der Waals surface area contributed by atoms with Crippen LogP contribution in [0.4, 0.5) is 0 Å². The van der Waals surface area contributed by atoms with Gasteiger partial charge in [0.1, 0.15) is 6.61 Å². The number of benzene rings is 2. The third-order valence-corrected chi connectivity index (χ3v) is 3.25. The van der Waals surface area contributed by atoms with E-state index in [-0.39, 0.29) is 5.91 Å². The Bertz CT molecular complexity index is 611. The van der Waals surface area contributed by atoms with Gasteiger partial charge in [-0.25, -0.2) is 0 Å². The number of ether oxygens (including phenoxy) is 2. The van der Waals surface area contributed by atoms with Crippen molar-refractivity contribution in [2.75, 3.05) is 13.7 Å². The van der Waals surface area contributed by atoms with Crippen LogP contribution in [-0.2, 0) is 17.8 Å². The highest BCUT2D eigenvalue weighted by molar-refractivity contribution is 5.72. The minimum atomic E-state index is -0.0187. The molecule has 0 heterocycles. The zero-order valence-corrected chi connectivity index (χ0v) is 13.0. The van der Waals surface area contributed by atoms with Gasteiger partial charge in [-0.2, -0.15) is 0 Å². The van der Waals surface area contributed by atoms with E-state index in [1.54, 1.807) is 7.11 Å². The first-order valence-electron chi connectivity index (χ1n) is 7.27. The molecule has 1 N–H and O–H groups in total. The molecule has 0 saturated carbocycles. The van der Waals surface area contributed by atoms with Gasteiger partial charge in [0.25, 0.3) is 0 Å². The van der Waals surface area contributed by atoms with Crippen LogP contribution < -0.4 is 14.8 Å². The second-order valence-electron chi connectivity index (χ2n) is 4.99. The molecule has 0 aliphatic rings. The lowest BCUT2D eigenvalue weighted by Gasteiger charge is -2.12. The molecule has 0 unspecified atom stereocenters. The molecule has 0 radical (unpaired) electrons. The monoisotopic (exact) mass is 299 g/mol. The van der Waals surface area contributed by atoms with Gasteiger partial charge >= 0.3 is 0 Å². The number of rotatable bonds is 7. The molecule has 4 nitrogen and oxygen atoms in total. The van der Waals surface area contributed by atoms with Gasteiger partial charge in [-0.05, 0) is 29.7 Å². The highest BCUT2D eigenvalue weighted by atomic mass is 16.5. The van der Waals surface area contributed by atoms with Crippen molar-refractivity contribution >= 4 is 5.91 Å². The summed E-state index contributed by atoms with van der Waals surface area (Å²) in [7, 11) is 1.63. The van der Waals surface area contributed by atoms with Gasteiger partial charge in [-0.3, -0.25) is 4.79 Å². The fourth-order valence-electron chi connectivity index (χ4n) is 2.10. The number of hydrogen-bond acceptors (Lipinski definition) is 3. The van der Waals surface area contributed by atoms with Crippen molar-refractivity contribution in [3.63, 3.8) is 0 Å². The molecule has 0 aliphatic heterocycles. The number of methoxy groups -OCH3 is 1. The Labute approximate surface area is 131 Å². The van der Waals surface area contributed by atoms with Gasteiger partial charge in [0.05, 0.1) is 7.11 Å². The summed E-state index contributed by atoms with van der Waals surface area (Å²) in [5, 5.41) is 2.78. The van der Waals surface area contributed by atoms with Crippen molar-refractivity contribution in [3.05, 3.63) is 59.7 Å². The Kier molecular flexibility index (Phi) is 5.83. The predicted molar refractivity (Wildman–Crippen MR) is 86.2 cm³/mol. The summed E-state index contributed by atoms with van der Waals surface area (Å²) in [5.74, 6) is 1.40. The molecule has 0 fully saturated rings. The highest BCUT2D eigenvalue weighted by Gasteiger charge is 2.06. The van der Waals surface area contributed by atoms with Crippen molar-refractivity contribution in [1.82, 2.24) is 5.32 Å². The summed E-state index contributed by atoms with van der Waals surface area (Å²) in [5.41, 5.74) is 2.21. The Hall–Kier alpha value is -2.49. The summed E-state index contributed by atoms with van der Waals surface area (Å²) < 4.78 is 11.2. The molecule has 0 aliphatic carbocycles. The number of amides is 1. The molecule has 0 aromatic heterocycles. The maximum atomic E-state index is 10.9. The van der Waals surface area contributed by atoms with Gasteiger partial charge in [-0.15, -0.1) is 0 Å². The first kappa shape index (κ1) is 15.9. The molecule has 2 aromatic rings. The molecular weight excluding hydrogens is 278 g/mol. The summed E-state index contributed by atoms with van der Waals surface area (Å²) >= 11 is 0. The number of hydrogen-bond donors (Lipinski definition) is 1. The van der Waals surface area contributed by atoms with E-state index in [0.29, 0.717) is 18.9 Å². The van der Waals surface area contributed by atoms with Crippen LogP contribution in [0.1, 0.15) is 18.1 Å². The van der Waals surface area contributed by atoms with Gasteiger partial charge in [0, 0.05) is 13.5 Å². The van der Waals surface area contributed by atoms with Crippen LogP contribution in [0.2, 0.25) is 0 Å². The van der Waals surface area contributed by atoms with Gasteiger partial charge in [0.2, 0.25) is 5.91 Å². The minimum absolute atomic E-state index is 0.0187. The fraction of sp³-hybridized carbons (Fsp3) is 0.278. The quantitative estimate of drug-likeness (QED) is 0.855. The first-order valence-corrected chi connectivity index (χ1v) is 7.27. The van der Waals surface area contributed by atoms with Crippen LogP contribution in [0.5, 0.6) is 11.5 Å². The van der Waals surface area contributed by atoms with Crippen molar-refractivity contribution in [3.8, 4) is 11.5 Å². The third-order valence-electron chi connectivity index (χ3n) is 3.25. The molecule has 0 saturated heterocycles. The number of carbonyl (C=O) groups excluding carboxylic acids is 1. The molecule has 0 atom stereocenters. The lowest BCUT2D eigenvalue weighted by molar-refractivity contribution is -0.118.